The largest absolute Gasteiger partial charge is 0.392 e. The second-order valence-electron chi connectivity index (χ2n) is 4.84. The first-order valence-corrected chi connectivity index (χ1v) is 5.40. The Morgan fingerprint density at radius 1 is 1.33 bits per heavy atom. The first-order valence-electron chi connectivity index (χ1n) is 5.40. The van der Waals surface area contributed by atoms with Crippen LogP contribution in [0.3, 0.4) is 0 Å². The topological polar surface area (TPSA) is 21.6 Å². The molecule has 1 aromatic carbocycles. The molecule has 1 atom stereocenters. The summed E-state index contributed by atoms with van der Waals surface area (Å²) in [6, 6.07) is 10.4. The molecule has 0 aromatic heterocycles. The summed E-state index contributed by atoms with van der Waals surface area (Å²) in [6.07, 6.45) is 4.09. The van der Waals surface area contributed by atoms with Crippen molar-refractivity contribution < 1.29 is 4.84 Å². The molecule has 0 saturated heterocycles. The molecule has 0 N–H and O–H groups in total. The maximum Gasteiger partial charge on any atom is 0.132 e. The Balaban J connectivity index is 2.00. The molecule has 2 nitrogen and oxygen atoms in total. The van der Waals surface area contributed by atoms with E-state index >= 15 is 0 Å². The lowest BCUT2D eigenvalue weighted by atomic mass is 9.85. The fraction of sp³-hybridized carbons (Fsp3) is 0.462. The van der Waals surface area contributed by atoms with Gasteiger partial charge >= 0.3 is 0 Å². The minimum Gasteiger partial charge on any atom is -0.392 e. The highest BCUT2D eigenvalue weighted by Crippen LogP contribution is 2.27. The zero-order valence-electron chi connectivity index (χ0n) is 9.31. The van der Waals surface area contributed by atoms with Crippen molar-refractivity contribution in [2.24, 2.45) is 10.6 Å². The van der Waals surface area contributed by atoms with E-state index in [2.05, 4.69) is 43.3 Å². The highest BCUT2D eigenvalue weighted by atomic mass is 16.6. The Labute approximate surface area is 90.9 Å². The van der Waals surface area contributed by atoms with Crippen molar-refractivity contribution in [3.63, 3.8) is 0 Å². The Bertz CT molecular complexity index is 343. The molecule has 0 radical (unpaired) electrons. The summed E-state index contributed by atoms with van der Waals surface area (Å²) in [5, 5.41) is 3.98. The van der Waals surface area contributed by atoms with Crippen LogP contribution in [0.4, 0.5) is 0 Å². The van der Waals surface area contributed by atoms with Crippen LogP contribution in [0, 0.1) is 5.41 Å². The van der Waals surface area contributed by atoms with E-state index in [0.717, 1.165) is 12.8 Å². The third-order valence-corrected chi connectivity index (χ3v) is 2.67. The zero-order chi connectivity index (χ0) is 10.7. The monoisotopic (exact) mass is 203 g/mol. The Hall–Kier alpha value is -1.31. The van der Waals surface area contributed by atoms with Gasteiger partial charge in [0.25, 0.3) is 0 Å². The van der Waals surface area contributed by atoms with Crippen molar-refractivity contribution in [3.8, 4) is 0 Å². The first-order chi connectivity index (χ1) is 7.16. The molecule has 1 aliphatic rings. The Kier molecular flexibility index (Phi) is 2.76. The highest BCUT2D eigenvalue weighted by molar-refractivity contribution is 5.64. The number of oxime groups is 1. The molecule has 2 heteroatoms. The van der Waals surface area contributed by atoms with Gasteiger partial charge in [-0.1, -0.05) is 49.3 Å². The van der Waals surface area contributed by atoms with Crippen LogP contribution in [-0.2, 0) is 11.3 Å². The summed E-state index contributed by atoms with van der Waals surface area (Å²) >= 11 is 0. The summed E-state index contributed by atoms with van der Waals surface area (Å²) in [6.45, 7) is 4.38. The van der Waals surface area contributed by atoms with E-state index in [4.69, 9.17) is 4.84 Å². The lowest BCUT2D eigenvalue weighted by Gasteiger charge is -2.28. The molecule has 15 heavy (non-hydrogen) atoms. The maximum atomic E-state index is 5.39. The molecular formula is C13H17NO. The highest BCUT2D eigenvalue weighted by Gasteiger charge is 2.26. The summed E-state index contributed by atoms with van der Waals surface area (Å²) in [5.41, 5.74) is 1.48. The van der Waals surface area contributed by atoms with Crippen molar-refractivity contribution in [2.75, 3.05) is 0 Å². The number of hydrogen-bond donors (Lipinski definition) is 0. The predicted molar refractivity (Wildman–Crippen MR) is 61.9 cm³/mol. The van der Waals surface area contributed by atoms with Gasteiger partial charge in [0.05, 0.1) is 0 Å². The molecule has 0 aliphatic carbocycles. The molecule has 1 aromatic rings. The SMILES string of the molecule is CC1(C)C=NOC(Cc2ccccc2)C1. The summed E-state index contributed by atoms with van der Waals surface area (Å²) in [4.78, 5) is 5.39. The van der Waals surface area contributed by atoms with E-state index in [1.54, 1.807) is 0 Å². The van der Waals surface area contributed by atoms with Crippen LogP contribution < -0.4 is 0 Å². The molecule has 0 bridgehead atoms. The minimum absolute atomic E-state index is 0.164. The van der Waals surface area contributed by atoms with Crippen LogP contribution in [0.25, 0.3) is 0 Å². The lowest BCUT2D eigenvalue weighted by Crippen LogP contribution is -2.29. The first kappa shape index (κ1) is 10.2. The van der Waals surface area contributed by atoms with E-state index in [0.29, 0.717) is 0 Å². The van der Waals surface area contributed by atoms with E-state index in [1.165, 1.54) is 5.56 Å². The fourth-order valence-electron chi connectivity index (χ4n) is 1.92. The van der Waals surface area contributed by atoms with Gasteiger partial charge in [0.1, 0.15) is 6.10 Å². The van der Waals surface area contributed by atoms with Crippen LogP contribution in [0.2, 0.25) is 0 Å². The van der Waals surface area contributed by atoms with Crippen molar-refractivity contribution in [3.05, 3.63) is 35.9 Å². The van der Waals surface area contributed by atoms with Gasteiger partial charge in [0, 0.05) is 18.1 Å². The number of hydrogen-bond acceptors (Lipinski definition) is 2. The van der Waals surface area contributed by atoms with Gasteiger partial charge in [-0.05, 0) is 12.0 Å². The van der Waals surface area contributed by atoms with E-state index in [-0.39, 0.29) is 11.5 Å². The lowest BCUT2D eigenvalue weighted by molar-refractivity contribution is 0.0221. The van der Waals surface area contributed by atoms with Gasteiger partial charge in [0.15, 0.2) is 0 Å². The Morgan fingerprint density at radius 2 is 2.07 bits per heavy atom. The van der Waals surface area contributed by atoms with Crippen LogP contribution in [0.5, 0.6) is 0 Å². The van der Waals surface area contributed by atoms with Crippen molar-refractivity contribution in [1.82, 2.24) is 0 Å². The van der Waals surface area contributed by atoms with Crippen molar-refractivity contribution in [1.29, 1.82) is 0 Å². The predicted octanol–water partition coefficient (Wildman–Crippen LogP) is 3.03. The summed E-state index contributed by atoms with van der Waals surface area (Å²) in [7, 11) is 0. The standard InChI is InChI=1S/C13H17NO/c1-13(2)9-12(15-14-10-13)8-11-6-4-3-5-7-11/h3-7,10,12H,8-9H2,1-2H3. The number of benzene rings is 1. The maximum absolute atomic E-state index is 5.39. The molecule has 0 spiro atoms. The van der Waals surface area contributed by atoms with Gasteiger partial charge in [-0.3, -0.25) is 0 Å². The summed E-state index contributed by atoms with van der Waals surface area (Å²) < 4.78 is 0. The molecule has 0 saturated carbocycles. The van der Waals surface area contributed by atoms with Gasteiger partial charge in [-0.15, -0.1) is 0 Å². The molecular weight excluding hydrogens is 186 g/mol. The normalized spacial score (nSPS) is 23.5. The van der Waals surface area contributed by atoms with Crippen LogP contribution in [0.1, 0.15) is 25.8 Å². The van der Waals surface area contributed by atoms with E-state index in [9.17, 15) is 0 Å². The molecule has 80 valence electrons. The molecule has 0 amide bonds. The third-order valence-electron chi connectivity index (χ3n) is 2.67. The zero-order valence-corrected chi connectivity index (χ0v) is 9.31. The number of rotatable bonds is 2. The van der Waals surface area contributed by atoms with Gasteiger partial charge < -0.3 is 4.84 Å². The number of nitrogens with zero attached hydrogens (tertiary/aromatic N) is 1. The molecule has 1 unspecified atom stereocenters. The second-order valence-corrected chi connectivity index (χ2v) is 4.84. The second kappa shape index (κ2) is 4.05. The fourth-order valence-corrected chi connectivity index (χ4v) is 1.92. The van der Waals surface area contributed by atoms with Crippen LogP contribution in [-0.4, -0.2) is 12.3 Å². The minimum atomic E-state index is 0.164. The van der Waals surface area contributed by atoms with Gasteiger partial charge in [-0.25, -0.2) is 0 Å². The van der Waals surface area contributed by atoms with E-state index in [1.807, 2.05) is 12.3 Å². The molecule has 1 aliphatic heterocycles. The summed E-state index contributed by atoms with van der Waals surface area (Å²) in [5.74, 6) is 0. The quantitative estimate of drug-likeness (QED) is 0.724. The van der Waals surface area contributed by atoms with Crippen molar-refractivity contribution >= 4 is 6.21 Å². The molecule has 2 rings (SSSR count). The third kappa shape index (κ3) is 2.82. The van der Waals surface area contributed by atoms with Gasteiger partial charge in [-0.2, -0.15) is 0 Å². The average molecular weight is 203 g/mol. The smallest absolute Gasteiger partial charge is 0.132 e. The van der Waals surface area contributed by atoms with Crippen molar-refractivity contribution in [2.45, 2.75) is 32.8 Å². The molecule has 0 fully saturated rings. The average Bonchev–Trinajstić information content (AvgIpc) is 2.17. The Morgan fingerprint density at radius 3 is 2.73 bits per heavy atom. The van der Waals surface area contributed by atoms with E-state index < -0.39 is 0 Å². The van der Waals surface area contributed by atoms with Crippen LogP contribution >= 0.6 is 0 Å². The van der Waals surface area contributed by atoms with Gasteiger partial charge in [0.2, 0.25) is 0 Å². The molecule has 1 heterocycles. The van der Waals surface area contributed by atoms with Crippen LogP contribution in [0.15, 0.2) is 35.5 Å².